The summed E-state index contributed by atoms with van der Waals surface area (Å²) in [4.78, 5) is 35.1. The number of benzene rings is 1. The van der Waals surface area contributed by atoms with E-state index >= 15 is 0 Å². The Hall–Kier alpha value is -1.92. The van der Waals surface area contributed by atoms with Crippen LogP contribution in [0, 0.1) is 0 Å². The third kappa shape index (κ3) is 6.29. The van der Waals surface area contributed by atoms with Gasteiger partial charge in [0.25, 0.3) is 5.91 Å². The minimum atomic E-state index is -0.579. The number of esters is 1. The molecule has 0 bridgehead atoms. The van der Waals surface area contributed by atoms with Crippen molar-refractivity contribution in [2.24, 2.45) is 0 Å². The lowest BCUT2D eigenvalue weighted by atomic mass is 10.1. The first-order valence-corrected chi connectivity index (χ1v) is 8.25. The standard InChI is InChI=1S/C17H20ClNO5/c18-13-5-3-12(4-6-13)15(20)7-8-17(22)24-11-16(21)19-10-14-2-1-9-23-14/h3-6,14H,1-2,7-11H2,(H,19,21)/t14-/m0/s1. The molecule has 1 aromatic rings. The van der Waals surface area contributed by atoms with Crippen molar-refractivity contribution in [3.05, 3.63) is 34.9 Å². The molecule has 6 nitrogen and oxygen atoms in total. The Balaban J connectivity index is 1.61. The number of rotatable bonds is 8. The van der Waals surface area contributed by atoms with Crippen LogP contribution >= 0.6 is 11.6 Å². The molecule has 1 fully saturated rings. The largest absolute Gasteiger partial charge is 0.456 e. The fraction of sp³-hybridized carbons (Fsp3) is 0.471. The smallest absolute Gasteiger partial charge is 0.306 e. The molecule has 1 saturated heterocycles. The van der Waals surface area contributed by atoms with Gasteiger partial charge in [-0.05, 0) is 37.1 Å². The summed E-state index contributed by atoms with van der Waals surface area (Å²) in [7, 11) is 0. The van der Waals surface area contributed by atoms with E-state index in [0.29, 0.717) is 17.1 Å². The van der Waals surface area contributed by atoms with Gasteiger partial charge in [0.15, 0.2) is 12.4 Å². The van der Waals surface area contributed by atoms with Crippen molar-refractivity contribution in [2.75, 3.05) is 19.8 Å². The van der Waals surface area contributed by atoms with Crippen LogP contribution in [0.2, 0.25) is 5.02 Å². The Morgan fingerprint density at radius 3 is 2.62 bits per heavy atom. The third-order valence-electron chi connectivity index (χ3n) is 3.64. The molecule has 0 aromatic heterocycles. The van der Waals surface area contributed by atoms with Gasteiger partial charge in [0.2, 0.25) is 0 Å². The molecular weight excluding hydrogens is 334 g/mol. The van der Waals surface area contributed by atoms with Gasteiger partial charge in [-0.3, -0.25) is 14.4 Å². The summed E-state index contributed by atoms with van der Waals surface area (Å²) in [6.45, 7) is 0.795. The van der Waals surface area contributed by atoms with Gasteiger partial charge in [-0.1, -0.05) is 11.6 Å². The minimum absolute atomic E-state index is 0.0258. The molecular formula is C17H20ClNO5. The molecule has 1 atom stereocenters. The van der Waals surface area contributed by atoms with Crippen molar-refractivity contribution < 1.29 is 23.9 Å². The van der Waals surface area contributed by atoms with Gasteiger partial charge in [-0.15, -0.1) is 0 Å². The van der Waals surface area contributed by atoms with Crippen LogP contribution in [-0.4, -0.2) is 43.5 Å². The predicted molar refractivity (Wildman–Crippen MR) is 88.0 cm³/mol. The van der Waals surface area contributed by atoms with E-state index in [1.165, 1.54) is 0 Å². The Morgan fingerprint density at radius 1 is 1.21 bits per heavy atom. The zero-order valence-corrected chi connectivity index (χ0v) is 14.0. The van der Waals surface area contributed by atoms with Crippen molar-refractivity contribution in [3.63, 3.8) is 0 Å². The number of halogens is 1. The van der Waals surface area contributed by atoms with Crippen LogP contribution in [0.3, 0.4) is 0 Å². The van der Waals surface area contributed by atoms with Crippen LogP contribution < -0.4 is 5.32 Å². The van der Waals surface area contributed by atoms with E-state index in [1.54, 1.807) is 24.3 Å². The van der Waals surface area contributed by atoms with Crippen molar-refractivity contribution in [2.45, 2.75) is 31.8 Å². The number of amides is 1. The summed E-state index contributed by atoms with van der Waals surface area (Å²) in [5.41, 5.74) is 0.488. The maximum atomic E-state index is 11.9. The van der Waals surface area contributed by atoms with Crippen molar-refractivity contribution in [3.8, 4) is 0 Å². The minimum Gasteiger partial charge on any atom is -0.456 e. The second-order valence-electron chi connectivity index (χ2n) is 5.53. The lowest BCUT2D eigenvalue weighted by Gasteiger charge is -2.10. The number of ketones is 1. The monoisotopic (exact) mass is 353 g/mol. The first-order chi connectivity index (χ1) is 11.5. The van der Waals surface area contributed by atoms with Crippen LogP contribution in [0.15, 0.2) is 24.3 Å². The normalized spacial score (nSPS) is 16.6. The van der Waals surface area contributed by atoms with Crippen molar-refractivity contribution in [1.82, 2.24) is 5.32 Å². The van der Waals surface area contributed by atoms with Gasteiger partial charge in [0.1, 0.15) is 0 Å². The van der Waals surface area contributed by atoms with E-state index in [2.05, 4.69) is 5.32 Å². The number of Topliss-reactive ketones (excluding diaryl/α,β-unsaturated/α-hetero) is 1. The molecule has 0 saturated carbocycles. The highest BCUT2D eigenvalue weighted by molar-refractivity contribution is 6.30. The van der Waals surface area contributed by atoms with E-state index < -0.39 is 5.97 Å². The molecule has 1 aliphatic rings. The molecule has 1 N–H and O–H groups in total. The lowest BCUT2D eigenvalue weighted by molar-refractivity contribution is -0.148. The molecule has 0 radical (unpaired) electrons. The molecule has 1 heterocycles. The summed E-state index contributed by atoms with van der Waals surface area (Å²) in [5, 5.41) is 3.20. The van der Waals surface area contributed by atoms with Gasteiger partial charge < -0.3 is 14.8 Å². The molecule has 7 heteroatoms. The highest BCUT2D eigenvalue weighted by atomic mass is 35.5. The lowest BCUT2D eigenvalue weighted by Crippen LogP contribution is -2.34. The van der Waals surface area contributed by atoms with Crippen LogP contribution in [0.25, 0.3) is 0 Å². The number of hydrogen-bond donors (Lipinski definition) is 1. The maximum absolute atomic E-state index is 11.9. The topological polar surface area (TPSA) is 81.7 Å². The molecule has 0 unspecified atom stereocenters. The average molecular weight is 354 g/mol. The number of nitrogens with one attached hydrogen (secondary N) is 1. The summed E-state index contributed by atoms with van der Waals surface area (Å²) in [5.74, 6) is -1.13. The number of hydrogen-bond acceptors (Lipinski definition) is 5. The van der Waals surface area contributed by atoms with Gasteiger partial charge >= 0.3 is 5.97 Å². The van der Waals surface area contributed by atoms with E-state index in [-0.39, 0.29) is 37.2 Å². The molecule has 0 spiro atoms. The third-order valence-corrected chi connectivity index (χ3v) is 3.89. The maximum Gasteiger partial charge on any atom is 0.306 e. The van der Waals surface area contributed by atoms with Crippen molar-refractivity contribution in [1.29, 1.82) is 0 Å². The van der Waals surface area contributed by atoms with E-state index in [9.17, 15) is 14.4 Å². The summed E-state index contributed by atoms with van der Waals surface area (Å²) < 4.78 is 10.2. The molecule has 1 amide bonds. The second-order valence-corrected chi connectivity index (χ2v) is 5.97. The summed E-state index contributed by atoms with van der Waals surface area (Å²) in [6.07, 6.45) is 1.92. The molecule has 2 rings (SSSR count). The fourth-order valence-electron chi connectivity index (χ4n) is 2.30. The van der Waals surface area contributed by atoms with Gasteiger partial charge in [-0.25, -0.2) is 0 Å². The number of carbonyl (C=O) groups is 3. The van der Waals surface area contributed by atoms with E-state index in [1.807, 2.05) is 0 Å². The van der Waals surface area contributed by atoms with E-state index in [0.717, 1.165) is 19.4 Å². The first kappa shape index (κ1) is 18.4. The Bertz CT molecular complexity index is 581. The number of carbonyl (C=O) groups excluding carboxylic acids is 3. The Labute approximate surface area is 145 Å². The van der Waals surface area contributed by atoms with Gasteiger partial charge in [-0.2, -0.15) is 0 Å². The fourth-order valence-corrected chi connectivity index (χ4v) is 2.42. The van der Waals surface area contributed by atoms with Crippen molar-refractivity contribution >= 4 is 29.3 Å². The second kappa shape index (κ2) is 9.39. The average Bonchev–Trinajstić information content (AvgIpc) is 3.10. The molecule has 24 heavy (non-hydrogen) atoms. The van der Waals surface area contributed by atoms with Crippen LogP contribution in [0.5, 0.6) is 0 Å². The molecule has 130 valence electrons. The molecule has 0 aliphatic carbocycles. The quantitative estimate of drug-likeness (QED) is 0.572. The highest BCUT2D eigenvalue weighted by Crippen LogP contribution is 2.12. The predicted octanol–water partition coefficient (Wildman–Crippen LogP) is 2.14. The van der Waals surface area contributed by atoms with Crippen LogP contribution in [0.4, 0.5) is 0 Å². The molecule has 1 aromatic carbocycles. The molecule has 1 aliphatic heterocycles. The Kier molecular flexibility index (Phi) is 7.21. The number of ether oxygens (including phenoxy) is 2. The zero-order valence-electron chi connectivity index (χ0n) is 13.3. The summed E-state index contributed by atoms with van der Waals surface area (Å²) >= 11 is 5.75. The summed E-state index contributed by atoms with van der Waals surface area (Å²) in [6, 6.07) is 6.44. The zero-order chi connectivity index (χ0) is 17.4. The first-order valence-electron chi connectivity index (χ1n) is 7.87. The van der Waals surface area contributed by atoms with Gasteiger partial charge in [0.05, 0.1) is 12.5 Å². The van der Waals surface area contributed by atoms with Gasteiger partial charge in [0, 0.05) is 30.2 Å². The van der Waals surface area contributed by atoms with E-state index in [4.69, 9.17) is 21.1 Å². The van der Waals surface area contributed by atoms with Crippen LogP contribution in [0.1, 0.15) is 36.0 Å². The Morgan fingerprint density at radius 2 is 1.96 bits per heavy atom. The van der Waals surface area contributed by atoms with Crippen LogP contribution in [-0.2, 0) is 19.1 Å². The SMILES string of the molecule is O=C(COC(=O)CCC(=O)c1ccc(Cl)cc1)NC[C@@H]1CCCO1. The highest BCUT2D eigenvalue weighted by Gasteiger charge is 2.17.